The second-order valence-corrected chi connectivity index (χ2v) is 6.89. The number of non-ortho nitro benzene ring substituents is 1. The van der Waals surface area contributed by atoms with E-state index in [0.29, 0.717) is 11.1 Å². The molecule has 1 aliphatic carbocycles. The van der Waals surface area contributed by atoms with Gasteiger partial charge in [0.05, 0.1) is 11.5 Å². The molecule has 0 radical (unpaired) electrons. The van der Waals surface area contributed by atoms with Crippen molar-refractivity contribution < 1.29 is 18.5 Å². The zero-order valence-electron chi connectivity index (χ0n) is 15.8. The number of carbonyl (C=O) groups excluding carboxylic acids is 1. The fraction of sp³-hybridized carbons (Fsp3) is 0.190. The van der Waals surface area contributed by atoms with Gasteiger partial charge in [0, 0.05) is 29.8 Å². The van der Waals surface area contributed by atoms with E-state index < -0.39 is 4.92 Å². The molecule has 8 nitrogen and oxygen atoms in total. The molecule has 3 aromatic rings. The predicted octanol–water partition coefficient (Wildman–Crippen LogP) is 3.99. The lowest BCUT2D eigenvalue weighted by Crippen LogP contribution is -2.31. The molecule has 152 valence electrons. The summed E-state index contributed by atoms with van der Waals surface area (Å²) in [6.07, 6.45) is 4.84. The first-order valence-corrected chi connectivity index (χ1v) is 9.31. The van der Waals surface area contributed by atoms with Crippen LogP contribution >= 0.6 is 0 Å². The quantitative estimate of drug-likeness (QED) is 0.333. The largest absolute Gasteiger partial charge is 0.419 e. The van der Waals surface area contributed by atoms with Crippen molar-refractivity contribution in [1.82, 2.24) is 15.1 Å². The van der Waals surface area contributed by atoms with Crippen LogP contribution in [0.5, 0.6) is 0 Å². The van der Waals surface area contributed by atoms with E-state index in [2.05, 4.69) is 10.2 Å². The minimum Gasteiger partial charge on any atom is -0.419 e. The Morgan fingerprint density at radius 1 is 1.23 bits per heavy atom. The van der Waals surface area contributed by atoms with E-state index in [-0.39, 0.29) is 41.8 Å². The maximum absolute atomic E-state index is 13.0. The molecular weight excluding hydrogens is 391 g/mol. The van der Waals surface area contributed by atoms with E-state index in [1.807, 2.05) is 0 Å². The fourth-order valence-electron chi connectivity index (χ4n) is 2.94. The van der Waals surface area contributed by atoms with E-state index >= 15 is 0 Å². The number of carbonyl (C=O) groups is 1. The molecule has 0 aliphatic heterocycles. The van der Waals surface area contributed by atoms with E-state index in [0.717, 1.165) is 12.8 Å². The second kappa shape index (κ2) is 8.24. The van der Waals surface area contributed by atoms with Crippen molar-refractivity contribution >= 4 is 17.7 Å². The smallest absolute Gasteiger partial charge is 0.270 e. The van der Waals surface area contributed by atoms with Crippen molar-refractivity contribution in [2.24, 2.45) is 0 Å². The Labute approximate surface area is 170 Å². The zero-order chi connectivity index (χ0) is 21.1. The molecule has 0 atom stereocenters. The fourth-order valence-corrected chi connectivity index (χ4v) is 2.94. The highest BCUT2D eigenvalue weighted by Crippen LogP contribution is 2.29. The number of hydrogen-bond acceptors (Lipinski definition) is 6. The Kier molecular flexibility index (Phi) is 5.34. The van der Waals surface area contributed by atoms with Crippen molar-refractivity contribution in [2.45, 2.75) is 25.4 Å². The van der Waals surface area contributed by atoms with Crippen LogP contribution in [-0.2, 0) is 11.3 Å². The highest BCUT2D eigenvalue weighted by Gasteiger charge is 2.32. The Balaban J connectivity index is 1.48. The highest BCUT2D eigenvalue weighted by molar-refractivity contribution is 5.92. The molecule has 0 spiro atoms. The third kappa shape index (κ3) is 4.57. The van der Waals surface area contributed by atoms with Crippen LogP contribution in [0.15, 0.2) is 59.0 Å². The van der Waals surface area contributed by atoms with Crippen molar-refractivity contribution in [3.05, 3.63) is 82.0 Å². The van der Waals surface area contributed by atoms with Crippen molar-refractivity contribution in [1.29, 1.82) is 0 Å². The van der Waals surface area contributed by atoms with E-state index in [9.17, 15) is 19.3 Å². The number of amides is 1. The summed E-state index contributed by atoms with van der Waals surface area (Å²) in [5.74, 6) is -0.156. The molecule has 9 heteroatoms. The summed E-state index contributed by atoms with van der Waals surface area (Å²) >= 11 is 0. The first-order chi connectivity index (χ1) is 14.5. The molecule has 0 unspecified atom stereocenters. The van der Waals surface area contributed by atoms with Gasteiger partial charge in [-0.25, -0.2) is 4.39 Å². The van der Waals surface area contributed by atoms with Crippen LogP contribution in [0.25, 0.3) is 17.5 Å². The molecule has 30 heavy (non-hydrogen) atoms. The minimum atomic E-state index is -0.498. The van der Waals surface area contributed by atoms with Gasteiger partial charge in [0.15, 0.2) is 0 Å². The Morgan fingerprint density at radius 3 is 2.70 bits per heavy atom. The van der Waals surface area contributed by atoms with Gasteiger partial charge in [0.25, 0.3) is 5.69 Å². The average molecular weight is 408 g/mol. The maximum Gasteiger partial charge on any atom is 0.270 e. The van der Waals surface area contributed by atoms with Gasteiger partial charge < -0.3 is 9.32 Å². The van der Waals surface area contributed by atoms with Crippen molar-refractivity contribution in [2.75, 3.05) is 0 Å². The summed E-state index contributed by atoms with van der Waals surface area (Å²) in [7, 11) is 0. The number of benzene rings is 2. The van der Waals surface area contributed by atoms with Gasteiger partial charge in [-0.3, -0.25) is 14.9 Å². The van der Waals surface area contributed by atoms with Crippen LogP contribution in [0.3, 0.4) is 0 Å². The topological polar surface area (TPSA) is 102 Å². The number of nitro benzene ring substituents is 1. The van der Waals surface area contributed by atoms with Gasteiger partial charge in [-0.2, -0.15) is 0 Å². The number of hydrogen-bond donors (Lipinski definition) is 0. The van der Waals surface area contributed by atoms with Crippen LogP contribution in [0, 0.1) is 15.9 Å². The maximum atomic E-state index is 13.0. The number of rotatable bonds is 7. The molecule has 0 N–H and O–H groups in total. The Hall–Kier alpha value is -3.88. The van der Waals surface area contributed by atoms with Gasteiger partial charge in [-0.1, -0.05) is 18.2 Å². The first-order valence-electron chi connectivity index (χ1n) is 9.31. The summed E-state index contributed by atoms with van der Waals surface area (Å²) in [4.78, 5) is 24.8. The molecule has 1 aliphatic rings. The van der Waals surface area contributed by atoms with E-state index in [1.165, 1.54) is 36.4 Å². The number of nitro groups is 1. The summed E-state index contributed by atoms with van der Waals surface area (Å²) in [5.41, 5.74) is 1.07. The van der Waals surface area contributed by atoms with Crippen LogP contribution in [0.4, 0.5) is 10.1 Å². The molecule has 1 saturated carbocycles. The Bertz CT molecular complexity index is 1110. The monoisotopic (exact) mass is 408 g/mol. The molecule has 1 fully saturated rings. The summed E-state index contributed by atoms with van der Waals surface area (Å²) in [5, 5.41) is 18.9. The highest BCUT2D eigenvalue weighted by atomic mass is 19.1. The third-order valence-electron chi connectivity index (χ3n) is 4.64. The standard InChI is InChI=1S/C21H17FN4O4/c22-16-7-4-14(5-8-16)6-11-20(27)25(17-9-10-17)13-19-23-24-21(30-19)15-2-1-3-18(12-15)26(28)29/h1-8,11-12,17H,9-10,13H2/b11-6+. The second-order valence-electron chi connectivity index (χ2n) is 6.89. The van der Waals surface area contributed by atoms with Gasteiger partial charge in [-0.05, 0) is 42.7 Å². The summed E-state index contributed by atoms with van der Waals surface area (Å²) in [6.45, 7) is 0.138. The summed E-state index contributed by atoms with van der Waals surface area (Å²) < 4.78 is 18.6. The van der Waals surface area contributed by atoms with Crippen molar-refractivity contribution in [3.63, 3.8) is 0 Å². The molecule has 1 amide bonds. The number of nitrogens with zero attached hydrogens (tertiary/aromatic N) is 4. The van der Waals surface area contributed by atoms with Crippen LogP contribution in [-0.4, -0.2) is 32.0 Å². The molecule has 4 rings (SSSR count). The molecule has 2 aromatic carbocycles. The number of halogens is 1. The lowest BCUT2D eigenvalue weighted by Gasteiger charge is -2.18. The summed E-state index contributed by atoms with van der Waals surface area (Å²) in [6, 6.07) is 11.8. The minimum absolute atomic E-state index is 0.0760. The van der Waals surface area contributed by atoms with Gasteiger partial charge in [0.2, 0.25) is 17.7 Å². The predicted molar refractivity (Wildman–Crippen MR) is 105 cm³/mol. The molecular formula is C21H17FN4O4. The van der Waals surface area contributed by atoms with E-state index in [1.54, 1.807) is 29.2 Å². The normalized spacial score (nSPS) is 13.5. The van der Waals surface area contributed by atoms with Gasteiger partial charge in [0.1, 0.15) is 5.82 Å². The van der Waals surface area contributed by atoms with Crippen LogP contribution in [0.1, 0.15) is 24.3 Å². The lowest BCUT2D eigenvalue weighted by molar-refractivity contribution is -0.384. The van der Waals surface area contributed by atoms with E-state index in [4.69, 9.17) is 4.42 Å². The molecule has 0 saturated heterocycles. The SMILES string of the molecule is O=C(/C=C/c1ccc(F)cc1)N(Cc1nnc(-c2cccc([N+](=O)[O-])c2)o1)C1CC1. The lowest BCUT2D eigenvalue weighted by atomic mass is 10.2. The third-order valence-corrected chi connectivity index (χ3v) is 4.64. The van der Waals surface area contributed by atoms with Gasteiger partial charge in [-0.15, -0.1) is 10.2 Å². The molecule has 0 bridgehead atoms. The van der Waals surface area contributed by atoms with Crippen molar-refractivity contribution in [3.8, 4) is 11.5 Å². The number of aromatic nitrogens is 2. The average Bonchev–Trinajstić information content (AvgIpc) is 3.48. The first kappa shape index (κ1) is 19.4. The van der Waals surface area contributed by atoms with Crippen LogP contribution in [0.2, 0.25) is 0 Å². The molecule has 1 aromatic heterocycles. The molecule has 1 heterocycles. The van der Waals surface area contributed by atoms with Crippen LogP contribution < -0.4 is 0 Å². The van der Waals surface area contributed by atoms with Gasteiger partial charge >= 0.3 is 0 Å². The Morgan fingerprint density at radius 2 is 2.00 bits per heavy atom. The zero-order valence-corrected chi connectivity index (χ0v) is 15.8.